The SMILES string of the molecule is C1CCC2CCCC2C1.O=S(=O)(O)F. The third-order valence-electron chi connectivity index (χ3n) is 3.22. The number of fused-ring (bicyclic) bond motifs is 1. The first-order valence-electron chi connectivity index (χ1n) is 5.14. The highest BCUT2D eigenvalue weighted by Crippen LogP contribution is 2.41. The van der Waals surface area contributed by atoms with E-state index in [-0.39, 0.29) is 0 Å². The van der Waals surface area contributed by atoms with E-state index in [9.17, 15) is 3.89 Å². The maximum absolute atomic E-state index is 10.2. The summed E-state index contributed by atoms with van der Waals surface area (Å²) in [4.78, 5) is 0. The first kappa shape index (κ1) is 11.9. The third kappa shape index (κ3) is 4.91. The number of rotatable bonds is 0. The predicted octanol–water partition coefficient (Wildman–Crippen LogP) is 2.74. The Morgan fingerprint density at radius 1 is 0.929 bits per heavy atom. The standard InChI is InChI=1S/C9H16.FHO3S/c1-2-5-9-7-3-6-8(9)4-1;1-5(2,3)4/h8-9H,1-7H2;(H,2,3,4). The maximum atomic E-state index is 10.2. The lowest BCUT2D eigenvalue weighted by Crippen LogP contribution is -2.12. The maximum Gasteiger partial charge on any atom is 0.435 e. The fourth-order valence-electron chi connectivity index (χ4n) is 2.69. The largest absolute Gasteiger partial charge is 0.435 e. The van der Waals surface area contributed by atoms with E-state index < -0.39 is 10.5 Å². The van der Waals surface area contributed by atoms with Gasteiger partial charge in [0.25, 0.3) is 0 Å². The minimum Gasteiger partial charge on any atom is -0.260 e. The highest BCUT2D eigenvalue weighted by atomic mass is 32.3. The molecule has 2 aliphatic carbocycles. The molecule has 84 valence electrons. The molecular formula is C9H17FO3S. The Morgan fingerprint density at radius 3 is 1.57 bits per heavy atom. The van der Waals surface area contributed by atoms with E-state index in [1.165, 1.54) is 31.1 Å². The summed E-state index contributed by atoms with van der Waals surface area (Å²) in [5.41, 5.74) is 0. The van der Waals surface area contributed by atoms with E-state index in [1.54, 1.807) is 25.7 Å². The average molecular weight is 224 g/mol. The predicted molar refractivity (Wildman–Crippen MR) is 52.0 cm³/mol. The molecule has 0 aromatic carbocycles. The van der Waals surface area contributed by atoms with Crippen molar-refractivity contribution in [2.45, 2.75) is 44.9 Å². The van der Waals surface area contributed by atoms with Crippen LogP contribution in [0.1, 0.15) is 44.9 Å². The molecule has 0 saturated heterocycles. The topological polar surface area (TPSA) is 54.4 Å². The molecule has 5 heteroatoms. The molecule has 0 radical (unpaired) electrons. The van der Waals surface area contributed by atoms with Crippen LogP contribution < -0.4 is 0 Å². The molecule has 0 spiro atoms. The summed E-state index contributed by atoms with van der Waals surface area (Å²) in [6, 6.07) is 0. The van der Waals surface area contributed by atoms with Crippen molar-refractivity contribution < 1.29 is 16.9 Å². The average Bonchev–Trinajstić information content (AvgIpc) is 2.47. The summed E-state index contributed by atoms with van der Waals surface area (Å²) in [6.07, 6.45) is 10.8. The molecule has 1 N–H and O–H groups in total. The van der Waals surface area contributed by atoms with Crippen molar-refractivity contribution >= 4 is 10.5 Å². The van der Waals surface area contributed by atoms with E-state index in [0.29, 0.717) is 0 Å². The van der Waals surface area contributed by atoms with Gasteiger partial charge in [-0.1, -0.05) is 48.8 Å². The van der Waals surface area contributed by atoms with E-state index >= 15 is 0 Å². The molecule has 2 saturated carbocycles. The Hall–Kier alpha value is -0.160. The lowest BCUT2D eigenvalue weighted by molar-refractivity contribution is 0.277. The number of halogens is 1. The molecule has 0 bridgehead atoms. The summed E-state index contributed by atoms with van der Waals surface area (Å²) < 4.78 is 34.1. The first-order valence-corrected chi connectivity index (χ1v) is 6.48. The molecule has 3 nitrogen and oxygen atoms in total. The van der Waals surface area contributed by atoms with Gasteiger partial charge in [-0.25, -0.2) is 0 Å². The highest BCUT2D eigenvalue weighted by molar-refractivity contribution is 7.80. The lowest BCUT2D eigenvalue weighted by Gasteiger charge is -2.24. The summed E-state index contributed by atoms with van der Waals surface area (Å²) >= 11 is 0. The fraction of sp³-hybridized carbons (Fsp3) is 1.00. The molecule has 0 heterocycles. The smallest absolute Gasteiger partial charge is 0.260 e. The van der Waals surface area contributed by atoms with Crippen LogP contribution in [0.25, 0.3) is 0 Å². The summed E-state index contributed by atoms with van der Waals surface area (Å²) in [6.45, 7) is 0. The van der Waals surface area contributed by atoms with Gasteiger partial charge in [0.1, 0.15) is 0 Å². The zero-order valence-corrected chi connectivity index (χ0v) is 8.97. The minimum atomic E-state index is -5.17. The van der Waals surface area contributed by atoms with Crippen LogP contribution >= 0.6 is 0 Å². The Labute approximate surface area is 84.7 Å². The summed E-state index contributed by atoms with van der Waals surface area (Å²) in [7, 11) is -5.17. The molecule has 0 aromatic heterocycles. The van der Waals surface area contributed by atoms with Gasteiger partial charge in [-0.2, -0.15) is 8.42 Å². The molecule has 2 atom stereocenters. The monoisotopic (exact) mass is 224 g/mol. The van der Waals surface area contributed by atoms with Crippen LogP contribution in [0.2, 0.25) is 0 Å². The zero-order valence-electron chi connectivity index (χ0n) is 8.15. The van der Waals surface area contributed by atoms with Gasteiger partial charge < -0.3 is 0 Å². The molecule has 14 heavy (non-hydrogen) atoms. The van der Waals surface area contributed by atoms with Crippen molar-refractivity contribution in [3.63, 3.8) is 0 Å². The van der Waals surface area contributed by atoms with Crippen LogP contribution in [0.4, 0.5) is 3.89 Å². The molecule has 2 fully saturated rings. The van der Waals surface area contributed by atoms with Crippen molar-refractivity contribution in [2.75, 3.05) is 0 Å². The van der Waals surface area contributed by atoms with E-state index in [2.05, 4.69) is 0 Å². The Balaban J connectivity index is 0.000000171. The number of hydrogen-bond donors (Lipinski definition) is 1. The van der Waals surface area contributed by atoms with Crippen LogP contribution in [0, 0.1) is 11.8 Å². The highest BCUT2D eigenvalue weighted by Gasteiger charge is 2.28. The van der Waals surface area contributed by atoms with Crippen molar-refractivity contribution in [3.05, 3.63) is 0 Å². The van der Waals surface area contributed by atoms with Gasteiger partial charge in [0.2, 0.25) is 0 Å². The van der Waals surface area contributed by atoms with Gasteiger partial charge in [0, 0.05) is 0 Å². The Kier molecular flexibility index (Phi) is 4.31. The molecular weight excluding hydrogens is 207 g/mol. The summed E-state index contributed by atoms with van der Waals surface area (Å²) in [5, 5.41) is 0. The van der Waals surface area contributed by atoms with Crippen LogP contribution in [0.3, 0.4) is 0 Å². The second kappa shape index (κ2) is 5.07. The Morgan fingerprint density at radius 2 is 1.21 bits per heavy atom. The molecule has 0 aliphatic heterocycles. The molecule has 2 rings (SSSR count). The van der Waals surface area contributed by atoms with E-state index in [0.717, 1.165) is 0 Å². The molecule has 0 aromatic rings. The minimum absolute atomic E-state index is 1.17. The normalized spacial score (nSPS) is 31.6. The summed E-state index contributed by atoms with van der Waals surface area (Å²) in [5.74, 6) is 2.33. The van der Waals surface area contributed by atoms with Gasteiger partial charge in [-0.3, -0.25) is 4.55 Å². The zero-order chi connectivity index (χ0) is 10.6. The van der Waals surface area contributed by atoms with Gasteiger partial charge in [0.05, 0.1) is 0 Å². The lowest BCUT2D eigenvalue weighted by atomic mass is 9.82. The van der Waals surface area contributed by atoms with Crippen LogP contribution in [0.15, 0.2) is 0 Å². The van der Waals surface area contributed by atoms with Gasteiger partial charge >= 0.3 is 10.5 Å². The third-order valence-corrected chi connectivity index (χ3v) is 3.22. The van der Waals surface area contributed by atoms with E-state index in [4.69, 9.17) is 13.0 Å². The molecule has 2 unspecified atom stereocenters. The van der Waals surface area contributed by atoms with Gasteiger partial charge in [-0.05, 0) is 11.8 Å². The first-order chi connectivity index (χ1) is 6.47. The van der Waals surface area contributed by atoms with Crippen molar-refractivity contribution in [1.29, 1.82) is 0 Å². The van der Waals surface area contributed by atoms with Crippen molar-refractivity contribution in [1.82, 2.24) is 0 Å². The Bertz CT molecular complexity index is 243. The van der Waals surface area contributed by atoms with Crippen molar-refractivity contribution in [2.24, 2.45) is 11.8 Å². The van der Waals surface area contributed by atoms with Gasteiger partial charge in [-0.15, -0.1) is 0 Å². The quantitative estimate of drug-likeness (QED) is 0.508. The van der Waals surface area contributed by atoms with Crippen molar-refractivity contribution in [3.8, 4) is 0 Å². The van der Waals surface area contributed by atoms with Crippen LogP contribution in [-0.4, -0.2) is 13.0 Å². The molecule has 0 amide bonds. The van der Waals surface area contributed by atoms with Crippen LogP contribution in [0.5, 0.6) is 0 Å². The fourth-order valence-corrected chi connectivity index (χ4v) is 2.69. The van der Waals surface area contributed by atoms with E-state index in [1.807, 2.05) is 0 Å². The second-order valence-corrected chi connectivity index (χ2v) is 4.97. The van der Waals surface area contributed by atoms with Gasteiger partial charge in [0.15, 0.2) is 0 Å². The molecule has 2 aliphatic rings. The van der Waals surface area contributed by atoms with Crippen LogP contribution in [-0.2, 0) is 10.5 Å². The number of hydrogen-bond acceptors (Lipinski definition) is 2. The second-order valence-electron chi connectivity index (χ2n) is 4.15.